The number of ether oxygens (including phenoxy) is 1. The van der Waals surface area contributed by atoms with E-state index in [9.17, 15) is 28.4 Å². The Bertz CT molecular complexity index is 1590. The highest BCUT2D eigenvalue weighted by molar-refractivity contribution is 6.28. The summed E-state index contributed by atoms with van der Waals surface area (Å²) in [5.41, 5.74) is 3.32. The SMILES string of the molecule is CN(Cc1ccc(C(F)(F)F)cc1)c1ccc(N2CCN(c3ccc(OC[C@H](O)CCn4cc([N+](=O)[O-])nc4Cl)cc3)CC2)cc1. The summed E-state index contributed by atoms with van der Waals surface area (Å²) < 4.78 is 45.7. The lowest BCUT2D eigenvalue weighted by Crippen LogP contribution is -2.46. The van der Waals surface area contributed by atoms with Gasteiger partial charge in [0.15, 0.2) is 0 Å². The van der Waals surface area contributed by atoms with Gasteiger partial charge >= 0.3 is 17.3 Å². The maximum absolute atomic E-state index is 12.8. The lowest BCUT2D eigenvalue weighted by molar-refractivity contribution is -0.389. The zero-order valence-corrected chi connectivity index (χ0v) is 25.9. The number of piperazine rings is 1. The third-order valence-corrected chi connectivity index (χ3v) is 8.19. The number of imidazole rings is 1. The molecule has 0 spiro atoms. The molecule has 0 amide bonds. The molecule has 4 aromatic rings. The van der Waals surface area contributed by atoms with Gasteiger partial charge in [-0.1, -0.05) is 12.1 Å². The Labute approximate surface area is 269 Å². The van der Waals surface area contributed by atoms with E-state index in [0.717, 1.165) is 60.9 Å². The molecular formula is C32H34ClF3N6O4. The van der Waals surface area contributed by atoms with E-state index >= 15 is 0 Å². The second kappa shape index (κ2) is 14.3. The van der Waals surface area contributed by atoms with Crippen LogP contribution in [0.3, 0.4) is 0 Å². The number of alkyl halides is 3. The minimum atomic E-state index is -4.34. The number of hydrogen-bond donors (Lipinski definition) is 1. The highest BCUT2D eigenvalue weighted by atomic mass is 35.5. The fourth-order valence-corrected chi connectivity index (χ4v) is 5.47. The van der Waals surface area contributed by atoms with Crippen LogP contribution in [0.2, 0.25) is 5.28 Å². The number of aryl methyl sites for hydroxylation is 1. The van der Waals surface area contributed by atoms with Crippen LogP contribution >= 0.6 is 11.6 Å². The van der Waals surface area contributed by atoms with E-state index in [-0.39, 0.29) is 30.7 Å². The first kappa shape index (κ1) is 32.9. The van der Waals surface area contributed by atoms with Crippen LogP contribution in [-0.4, -0.2) is 65.5 Å². The van der Waals surface area contributed by atoms with Gasteiger partial charge in [0.2, 0.25) is 0 Å². The number of aromatic nitrogens is 2. The fourth-order valence-electron chi connectivity index (χ4n) is 5.25. The average Bonchev–Trinajstić information content (AvgIpc) is 3.43. The number of aliphatic hydroxyl groups is 1. The van der Waals surface area contributed by atoms with Gasteiger partial charge < -0.3 is 34.7 Å². The van der Waals surface area contributed by atoms with Crippen molar-refractivity contribution in [2.45, 2.75) is 31.8 Å². The average molecular weight is 659 g/mol. The van der Waals surface area contributed by atoms with Crippen molar-refractivity contribution < 1.29 is 27.9 Å². The smallest absolute Gasteiger partial charge is 0.416 e. The molecule has 1 saturated heterocycles. The Hall–Kier alpha value is -4.49. The number of anilines is 3. The molecule has 0 saturated carbocycles. The Morgan fingerprint density at radius 3 is 2.07 bits per heavy atom. The number of nitro groups is 1. The molecule has 1 fully saturated rings. The van der Waals surface area contributed by atoms with E-state index in [1.54, 1.807) is 0 Å². The predicted molar refractivity (Wildman–Crippen MR) is 171 cm³/mol. The second-order valence-corrected chi connectivity index (χ2v) is 11.4. The summed E-state index contributed by atoms with van der Waals surface area (Å²) in [5, 5.41) is 21.1. The third-order valence-electron chi connectivity index (χ3n) is 7.89. The van der Waals surface area contributed by atoms with Gasteiger partial charge in [-0.3, -0.25) is 4.57 Å². The Balaban J connectivity index is 1.05. The first-order valence-electron chi connectivity index (χ1n) is 14.7. The van der Waals surface area contributed by atoms with Crippen LogP contribution in [-0.2, 0) is 19.3 Å². The monoisotopic (exact) mass is 658 g/mol. The highest BCUT2D eigenvalue weighted by Crippen LogP contribution is 2.30. The molecule has 1 aliphatic rings. The molecule has 1 atom stereocenters. The number of rotatable bonds is 12. The van der Waals surface area contributed by atoms with E-state index in [1.807, 2.05) is 48.3 Å². The van der Waals surface area contributed by atoms with Gasteiger partial charge in [0.1, 0.15) is 18.6 Å². The number of hydrogen-bond acceptors (Lipinski definition) is 8. The Morgan fingerprint density at radius 2 is 1.54 bits per heavy atom. The summed E-state index contributed by atoms with van der Waals surface area (Å²) in [5.74, 6) is 0.287. The zero-order valence-electron chi connectivity index (χ0n) is 25.1. The lowest BCUT2D eigenvalue weighted by Gasteiger charge is -2.37. The summed E-state index contributed by atoms with van der Waals surface area (Å²) in [6.45, 7) is 4.19. The molecule has 0 unspecified atom stereocenters. The predicted octanol–water partition coefficient (Wildman–Crippen LogP) is 6.26. The van der Waals surface area contributed by atoms with Gasteiger partial charge in [-0.05, 0) is 94.2 Å². The first-order valence-corrected chi connectivity index (χ1v) is 15.1. The van der Waals surface area contributed by atoms with Crippen LogP contribution in [0.15, 0.2) is 79.0 Å². The van der Waals surface area contributed by atoms with Crippen molar-refractivity contribution in [2.24, 2.45) is 0 Å². The fraction of sp³-hybridized carbons (Fsp3) is 0.344. The van der Waals surface area contributed by atoms with Crippen LogP contribution in [0, 0.1) is 10.1 Å². The molecule has 0 bridgehead atoms. The van der Waals surface area contributed by atoms with Gasteiger partial charge in [0, 0.05) is 63.4 Å². The zero-order chi connectivity index (χ0) is 32.8. The van der Waals surface area contributed by atoms with Gasteiger partial charge in [0.25, 0.3) is 0 Å². The molecule has 46 heavy (non-hydrogen) atoms. The van der Waals surface area contributed by atoms with Gasteiger partial charge in [0.05, 0.1) is 11.7 Å². The molecule has 1 N–H and O–H groups in total. The van der Waals surface area contributed by atoms with E-state index in [1.165, 1.54) is 22.9 Å². The third kappa shape index (κ3) is 8.40. The summed E-state index contributed by atoms with van der Waals surface area (Å²) >= 11 is 5.92. The minimum Gasteiger partial charge on any atom is -0.491 e. The number of aliphatic hydroxyl groups excluding tert-OH is 1. The molecule has 0 radical (unpaired) electrons. The van der Waals surface area contributed by atoms with Crippen LogP contribution in [0.5, 0.6) is 5.75 Å². The number of benzene rings is 3. The largest absolute Gasteiger partial charge is 0.491 e. The molecular weight excluding hydrogens is 625 g/mol. The van der Waals surface area contributed by atoms with E-state index in [4.69, 9.17) is 16.3 Å². The van der Waals surface area contributed by atoms with E-state index < -0.39 is 22.8 Å². The molecule has 1 aromatic heterocycles. The van der Waals surface area contributed by atoms with Crippen molar-refractivity contribution in [2.75, 3.05) is 54.5 Å². The molecule has 3 aromatic carbocycles. The maximum atomic E-state index is 12.8. The maximum Gasteiger partial charge on any atom is 0.416 e. The van der Waals surface area contributed by atoms with Gasteiger partial charge in [-0.15, -0.1) is 0 Å². The summed E-state index contributed by atoms with van der Waals surface area (Å²) in [6.07, 6.45) is -3.60. The topological polar surface area (TPSA) is 100 Å². The second-order valence-electron chi connectivity index (χ2n) is 11.1. The van der Waals surface area contributed by atoms with Crippen LogP contribution in [0.1, 0.15) is 17.5 Å². The highest BCUT2D eigenvalue weighted by Gasteiger charge is 2.30. The lowest BCUT2D eigenvalue weighted by atomic mass is 10.1. The van der Waals surface area contributed by atoms with Crippen molar-refractivity contribution in [3.05, 3.63) is 106 Å². The van der Waals surface area contributed by atoms with E-state index in [0.29, 0.717) is 12.3 Å². The van der Waals surface area contributed by atoms with Crippen molar-refractivity contribution >= 4 is 34.5 Å². The molecule has 2 heterocycles. The molecule has 0 aliphatic carbocycles. The molecule has 1 aliphatic heterocycles. The van der Waals surface area contributed by atoms with Crippen LogP contribution in [0.4, 0.5) is 36.1 Å². The summed E-state index contributed by atoms with van der Waals surface area (Å²) in [6, 6.07) is 21.2. The number of halogens is 4. The van der Waals surface area contributed by atoms with Crippen molar-refractivity contribution in [1.82, 2.24) is 9.55 Å². The van der Waals surface area contributed by atoms with Crippen LogP contribution < -0.4 is 19.4 Å². The van der Waals surface area contributed by atoms with Crippen LogP contribution in [0.25, 0.3) is 0 Å². The number of nitrogens with zero attached hydrogens (tertiary/aromatic N) is 6. The van der Waals surface area contributed by atoms with Crippen molar-refractivity contribution in [1.29, 1.82) is 0 Å². The first-order chi connectivity index (χ1) is 22.0. The molecule has 14 heteroatoms. The van der Waals surface area contributed by atoms with E-state index in [2.05, 4.69) is 26.9 Å². The quantitative estimate of drug-likeness (QED) is 0.141. The molecule has 5 rings (SSSR count). The van der Waals surface area contributed by atoms with Gasteiger partial charge in [-0.25, -0.2) is 0 Å². The standard InChI is InChI=1S/C32H34ClF3N6O4/c1-38(20-23-2-4-24(5-3-23)32(34,35)36)25-6-8-26(9-7-25)39-16-18-40(19-17-39)27-10-12-29(13-11-27)46-22-28(43)14-15-41-21-30(42(44)45)37-31(41)33/h2-13,21,28,43H,14-20,22H2,1H3/t28-/m1/s1. The summed E-state index contributed by atoms with van der Waals surface area (Å²) in [7, 11) is 1.92. The molecule has 244 valence electrons. The summed E-state index contributed by atoms with van der Waals surface area (Å²) in [4.78, 5) is 20.5. The van der Waals surface area contributed by atoms with Crippen molar-refractivity contribution in [3.63, 3.8) is 0 Å². The minimum absolute atomic E-state index is 0.00500. The Kier molecular flexibility index (Phi) is 10.2. The Morgan fingerprint density at radius 1 is 0.978 bits per heavy atom. The van der Waals surface area contributed by atoms with Crippen molar-refractivity contribution in [3.8, 4) is 5.75 Å². The normalized spacial score (nSPS) is 14.3. The molecule has 10 nitrogen and oxygen atoms in total. The van der Waals surface area contributed by atoms with Gasteiger partial charge in [-0.2, -0.15) is 13.2 Å².